The number of hydrogen-bond donors (Lipinski definition) is 1. The summed E-state index contributed by atoms with van der Waals surface area (Å²) in [6, 6.07) is 0. The molecular weight excluding hydrogens is 232 g/mol. The summed E-state index contributed by atoms with van der Waals surface area (Å²) in [5.41, 5.74) is 2.66. The van der Waals surface area contributed by atoms with Gasteiger partial charge in [0.15, 0.2) is 0 Å². The van der Waals surface area contributed by atoms with Gasteiger partial charge in [0.25, 0.3) is 3.92 Å². The molecule has 0 radical (unpaired) electrons. The van der Waals surface area contributed by atoms with E-state index in [9.17, 15) is 0 Å². The fourth-order valence-corrected chi connectivity index (χ4v) is 1.52. The Bertz CT molecular complexity index is 226. The lowest BCUT2D eigenvalue weighted by molar-refractivity contribution is 0.391. The normalized spacial score (nSPS) is 18.6. The van der Waals surface area contributed by atoms with Gasteiger partial charge < -0.3 is 0 Å². The summed E-state index contributed by atoms with van der Waals surface area (Å²) >= 11 is 17.3. The summed E-state index contributed by atoms with van der Waals surface area (Å²) < 4.78 is -1.43. The topological polar surface area (TPSA) is 27.6 Å². The van der Waals surface area contributed by atoms with E-state index < -0.39 is 3.92 Å². The Morgan fingerprint density at radius 2 is 1.85 bits per heavy atom. The quantitative estimate of drug-likeness (QED) is 0.524. The number of nitrogens with zero attached hydrogens (tertiary/aromatic N) is 2. The number of nitrogens with one attached hydrogen (secondary N) is 1. The summed E-state index contributed by atoms with van der Waals surface area (Å²) in [5.74, 6) is 0.757. The molecule has 1 aliphatic heterocycles. The molecule has 6 heteroatoms. The van der Waals surface area contributed by atoms with Crippen molar-refractivity contribution in [3.63, 3.8) is 0 Å². The summed E-state index contributed by atoms with van der Waals surface area (Å²) in [5, 5.41) is 4.09. The predicted molar refractivity (Wildman–Crippen MR) is 57.0 cm³/mol. The molecule has 0 spiro atoms. The van der Waals surface area contributed by atoms with Gasteiger partial charge in [-0.05, 0) is 0 Å². The molecule has 1 rings (SSSR count). The van der Waals surface area contributed by atoms with E-state index in [4.69, 9.17) is 34.8 Å². The molecule has 0 saturated heterocycles. The maximum Gasteiger partial charge on any atom is 0.270 e. The highest BCUT2D eigenvalue weighted by atomic mass is 35.6. The third kappa shape index (κ3) is 2.55. The molecule has 1 N–H and O–H groups in total. The van der Waals surface area contributed by atoms with Gasteiger partial charge in [-0.25, -0.2) is 0 Å². The lowest BCUT2D eigenvalue weighted by Crippen LogP contribution is -2.44. The zero-order valence-electron chi connectivity index (χ0n) is 7.74. The standard InChI is InChI=1S/C7H12Cl3N3/c1-6(2,3)5-12-11-4-13(5)7(8,9)10/h11H,4H2,1-3H3. The van der Waals surface area contributed by atoms with Crippen LogP contribution >= 0.6 is 34.8 Å². The Balaban J connectivity index is 2.87. The maximum absolute atomic E-state index is 5.78. The van der Waals surface area contributed by atoms with Crippen molar-refractivity contribution in [3.05, 3.63) is 0 Å². The summed E-state index contributed by atoms with van der Waals surface area (Å²) in [6.45, 7) is 6.48. The highest BCUT2D eigenvalue weighted by Crippen LogP contribution is 2.35. The Kier molecular flexibility index (Phi) is 2.91. The van der Waals surface area contributed by atoms with Crippen LogP contribution in [0.2, 0.25) is 0 Å². The number of hydrazone groups is 1. The average Bonchev–Trinajstić information content (AvgIpc) is 2.27. The molecule has 0 bridgehead atoms. The van der Waals surface area contributed by atoms with E-state index in [1.165, 1.54) is 0 Å². The lowest BCUT2D eigenvalue weighted by atomic mass is 9.94. The summed E-state index contributed by atoms with van der Waals surface area (Å²) in [7, 11) is 0. The highest BCUT2D eigenvalue weighted by Gasteiger charge is 2.39. The Labute approximate surface area is 93.0 Å². The van der Waals surface area contributed by atoms with E-state index in [1.54, 1.807) is 4.90 Å². The van der Waals surface area contributed by atoms with Gasteiger partial charge in [-0.2, -0.15) is 5.10 Å². The number of halogens is 3. The first kappa shape index (κ1) is 11.2. The molecule has 0 aromatic carbocycles. The van der Waals surface area contributed by atoms with Crippen LogP contribution in [0.25, 0.3) is 0 Å². The Hall–Kier alpha value is 0.140. The van der Waals surface area contributed by atoms with Gasteiger partial charge in [0, 0.05) is 5.41 Å². The zero-order chi connectivity index (χ0) is 10.3. The van der Waals surface area contributed by atoms with Crippen LogP contribution in [0.4, 0.5) is 0 Å². The molecule has 0 aromatic heterocycles. The first-order chi connectivity index (χ1) is 5.73. The minimum atomic E-state index is -1.43. The number of alkyl halides is 3. The van der Waals surface area contributed by atoms with Crippen molar-refractivity contribution < 1.29 is 0 Å². The average molecular weight is 245 g/mol. The monoisotopic (exact) mass is 243 g/mol. The third-order valence-electron chi connectivity index (χ3n) is 1.65. The molecule has 1 heterocycles. The molecule has 0 aromatic rings. The van der Waals surface area contributed by atoms with Gasteiger partial charge in [0.2, 0.25) is 0 Å². The van der Waals surface area contributed by atoms with Crippen LogP contribution in [0.15, 0.2) is 5.10 Å². The van der Waals surface area contributed by atoms with Crippen molar-refractivity contribution in [1.29, 1.82) is 0 Å². The second-order valence-electron chi connectivity index (χ2n) is 3.90. The van der Waals surface area contributed by atoms with Gasteiger partial charge in [-0.3, -0.25) is 10.3 Å². The zero-order valence-corrected chi connectivity index (χ0v) is 10.0. The maximum atomic E-state index is 5.78. The van der Waals surface area contributed by atoms with Crippen molar-refractivity contribution in [1.82, 2.24) is 10.3 Å². The summed E-state index contributed by atoms with van der Waals surface area (Å²) in [6.07, 6.45) is 0. The Morgan fingerprint density at radius 3 is 2.15 bits per heavy atom. The van der Waals surface area contributed by atoms with Crippen molar-refractivity contribution >= 4 is 40.6 Å². The van der Waals surface area contributed by atoms with Crippen LogP contribution in [-0.4, -0.2) is 21.3 Å². The van der Waals surface area contributed by atoms with Crippen molar-refractivity contribution in [2.45, 2.75) is 24.7 Å². The smallest absolute Gasteiger partial charge is 0.270 e. The Morgan fingerprint density at radius 1 is 1.31 bits per heavy atom. The third-order valence-corrected chi connectivity index (χ3v) is 2.26. The largest absolute Gasteiger partial charge is 0.295 e. The molecule has 0 amide bonds. The predicted octanol–water partition coefficient (Wildman–Crippen LogP) is 2.54. The fraction of sp³-hybridized carbons (Fsp3) is 0.857. The van der Waals surface area contributed by atoms with Crippen LogP contribution in [-0.2, 0) is 0 Å². The molecular formula is C7H12Cl3N3. The first-order valence-electron chi connectivity index (χ1n) is 3.88. The van der Waals surface area contributed by atoms with Crippen molar-refractivity contribution in [2.24, 2.45) is 10.5 Å². The molecule has 0 saturated carbocycles. The van der Waals surface area contributed by atoms with E-state index in [-0.39, 0.29) is 5.41 Å². The van der Waals surface area contributed by atoms with Crippen LogP contribution < -0.4 is 5.43 Å². The number of hydrogen-bond acceptors (Lipinski definition) is 3. The number of rotatable bonds is 0. The van der Waals surface area contributed by atoms with E-state index in [0.29, 0.717) is 6.67 Å². The molecule has 0 unspecified atom stereocenters. The lowest BCUT2D eigenvalue weighted by Gasteiger charge is -2.32. The van der Waals surface area contributed by atoms with Gasteiger partial charge in [0.05, 0.1) is 0 Å². The van der Waals surface area contributed by atoms with E-state index >= 15 is 0 Å². The van der Waals surface area contributed by atoms with Gasteiger partial charge in [0.1, 0.15) is 12.5 Å². The van der Waals surface area contributed by atoms with Gasteiger partial charge in [-0.15, -0.1) is 0 Å². The molecule has 1 aliphatic rings. The molecule has 0 fully saturated rings. The van der Waals surface area contributed by atoms with E-state index in [0.717, 1.165) is 5.84 Å². The minimum Gasteiger partial charge on any atom is -0.295 e. The first-order valence-corrected chi connectivity index (χ1v) is 5.02. The van der Waals surface area contributed by atoms with Crippen molar-refractivity contribution in [2.75, 3.05) is 6.67 Å². The van der Waals surface area contributed by atoms with Crippen LogP contribution in [0.1, 0.15) is 20.8 Å². The van der Waals surface area contributed by atoms with Crippen molar-refractivity contribution in [3.8, 4) is 0 Å². The number of amidine groups is 1. The van der Waals surface area contributed by atoms with Gasteiger partial charge in [-0.1, -0.05) is 55.6 Å². The molecule has 0 aliphatic carbocycles. The van der Waals surface area contributed by atoms with E-state index in [2.05, 4.69) is 10.5 Å². The second-order valence-corrected chi connectivity index (χ2v) is 6.12. The highest BCUT2D eigenvalue weighted by molar-refractivity contribution is 6.67. The molecule has 76 valence electrons. The molecule has 13 heavy (non-hydrogen) atoms. The van der Waals surface area contributed by atoms with Crippen LogP contribution in [0.3, 0.4) is 0 Å². The molecule has 0 atom stereocenters. The van der Waals surface area contributed by atoms with Crippen LogP contribution in [0, 0.1) is 5.41 Å². The molecule has 3 nitrogen and oxygen atoms in total. The SMILES string of the molecule is CC(C)(C)C1=NNCN1C(Cl)(Cl)Cl. The van der Waals surface area contributed by atoms with E-state index in [1.807, 2.05) is 20.8 Å². The summed E-state index contributed by atoms with van der Waals surface area (Å²) in [4.78, 5) is 1.61. The van der Waals surface area contributed by atoms with Gasteiger partial charge >= 0.3 is 0 Å². The minimum absolute atomic E-state index is 0.132. The van der Waals surface area contributed by atoms with Crippen LogP contribution in [0.5, 0.6) is 0 Å². The fourth-order valence-electron chi connectivity index (χ4n) is 1.10. The second kappa shape index (κ2) is 3.37.